The third-order valence-corrected chi connectivity index (χ3v) is 5.35. The fourth-order valence-electron chi connectivity index (χ4n) is 2.86. The molecule has 1 aliphatic heterocycles. The maximum absolute atomic E-state index is 12.6. The number of benzene rings is 1. The standard InChI is InChI=1S/C19H19ClN2O4S/c1-12(18(24)22-8-2-3-9-22)26-19(25)14-7-6-13(20)11-15(14)21-17(23)16-5-4-10-27-16/h4-7,10-12H,2-3,8-9H2,1H3,(H,21,23)/t12-/m1/s1. The highest BCUT2D eigenvalue weighted by atomic mass is 35.5. The molecule has 1 aromatic heterocycles. The van der Waals surface area contributed by atoms with E-state index in [0.717, 1.165) is 12.8 Å². The number of ether oxygens (including phenoxy) is 1. The number of thiophene rings is 1. The van der Waals surface area contributed by atoms with Crippen LogP contribution in [0.2, 0.25) is 5.02 Å². The van der Waals surface area contributed by atoms with Crippen LogP contribution in [0, 0.1) is 0 Å². The normalized spacial score (nSPS) is 14.7. The molecule has 8 heteroatoms. The van der Waals surface area contributed by atoms with Crippen molar-refractivity contribution < 1.29 is 19.1 Å². The minimum Gasteiger partial charge on any atom is -0.449 e. The summed E-state index contributed by atoms with van der Waals surface area (Å²) in [5, 5.41) is 4.84. The molecule has 0 radical (unpaired) electrons. The van der Waals surface area contributed by atoms with Gasteiger partial charge in [0.05, 0.1) is 16.1 Å². The minimum atomic E-state index is -0.896. The molecule has 0 spiro atoms. The molecular weight excluding hydrogens is 388 g/mol. The molecule has 142 valence electrons. The van der Waals surface area contributed by atoms with Gasteiger partial charge in [0.2, 0.25) is 0 Å². The molecule has 0 unspecified atom stereocenters. The van der Waals surface area contributed by atoms with Crippen molar-refractivity contribution in [1.29, 1.82) is 0 Å². The van der Waals surface area contributed by atoms with E-state index in [1.165, 1.54) is 29.5 Å². The number of carbonyl (C=O) groups is 3. The second-order valence-corrected chi connectivity index (χ2v) is 7.59. The summed E-state index contributed by atoms with van der Waals surface area (Å²) in [5.74, 6) is -1.24. The molecule has 1 aromatic carbocycles. The Labute approximate surface area is 166 Å². The number of halogens is 1. The molecule has 1 aliphatic rings. The van der Waals surface area contributed by atoms with E-state index in [9.17, 15) is 14.4 Å². The first-order valence-corrected chi connectivity index (χ1v) is 9.85. The number of anilines is 1. The van der Waals surface area contributed by atoms with Gasteiger partial charge in [-0.25, -0.2) is 4.79 Å². The zero-order chi connectivity index (χ0) is 19.4. The summed E-state index contributed by atoms with van der Waals surface area (Å²) in [4.78, 5) is 39.4. The van der Waals surface area contributed by atoms with Crippen molar-refractivity contribution in [2.75, 3.05) is 18.4 Å². The maximum atomic E-state index is 12.6. The van der Waals surface area contributed by atoms with Crippen molar-refractivity contribution in [1.82, 2.24) is 4.90 Å². The topological polar surface area (TPSA) is 75.7 Å². The van der Waals surface area contributed by atoms with Gasteiger partial charge in [-0.1, -0.05) is 17.7 Å². The summed E-state index contributed by atoms with van der Waals surface area (Å²) in [5.41, 5.74) is 0.386. The largest absolute Gasteiger partial charge is 0.449 e. The lowest BCUT2D eigenvalue weighted by Crippen LogP contribution is -2.38. The highest BCUT2D eigenvalue weighted by Crippen LogP contribution is 2.24. The number of hydrogen-bond donors (Lipinski definition) is 1. The third kappa shape index (κ3) is 4.67. The Morgan fingerprint density at radius 2 is 1.96 bits per heavy atom. The van der Waals surface area contributed by atoms with Crippen molar-refractivity contribution in [3.63, 3.8) is 0 Å². The zero-order valence-corrected chi connectivity index (χ0v) is 16.3. The highest BCUT2D eigenvalue weighted by Gasteiger charge is 2.27. The average molecular weight is 407 g/mol. The van der Waals surface area contributed by atoms with Gasteiger partial charge in [-0.2, -0.15) is 0 Å². The van der Waals surface area contributed by atoms with Crippen LogP contribution in [0.25, 0.3) is 0 Å². The Kier molecular flexibility index (Phi) is 6.13. The number of nitrogens with zero attached hydrogens (tertiary/aromatic N) is 1. The smallest absolute Gasteiger partial charge is 0.341 e. The Morgan fingerprint density at radius 3 is 2.63 bits per heavy atom. The predicted molar refractivity (Wildman–Crippen MR) is 104 cm³/mol. The number of nitrogens with one attached hydrogen (secondary N) is 1. The maximum Gasteiger partial charge on any atom is 0.341 e. The lowest BCUT2D eigenvalue weighted by molar-refractivity contribution is -0.138. The summed E-state index contributed by atoms with van der Waals surface area (Å²) >= 11 is 7.30. The number of rotatable bonds is 5. The fourth-order valence-corrected chi connectivity index (χ4v) is 3.65. The van der Waals surface area contributed by atoms with Crippen LogP contribution < -0.4 is 5.32 Å². The fraction of sp³-hybridized carbons (Fsp3) is 0.316. The van der Waals surface area contributed by atoms with Crippen LogP contribution in [-0.4, -0.2) is 41.9 Å². The predicted octanol–water partition coefficient (Wildman–Crippen LogP) is 3.82. The first kappa shape index (κ1) is 19.4. The van der Waals surface area contributed by atoms with E-state index < -0.39 is 12.1 Å². The molecule has 3 rings (SSSR count). The molecular formula is C19H19ClN2O4S. The molecule has 1 atom stereocenters. The summed E-state index contributed by atoms with van der Waals surface area (Å²) in [6.07, 6.45) is 1.03. The Balaban J connectivity index is 1.74. The molecule has 2 heterocycles. The Hall–Kier alpha value is -2.38. The second-order valence-electron chi connectivity index (χ2n) is 6.20. The number of hydrogen-bond acceptors (Lipinski definition) is 5. The number of carbonyl (C=O) groups excluding carboxylic acids is 3. The number of amides is 2. The molecule has 6 nitrogen and oxygen atoms in total. The van der Waals surface area contributed by atoms with Gasteiger partial charge in [0, 0.05) is 18.1 Å². The lowest BCUT2D eigenvalue weighted by atomic mass is 10.1. The van der Waals surface area contributed by atoms with Gasteiger partial charge in [0.15, 0.2) is 6.10 Å². The van der Waals surface area contributed by atoms with E-state index in [-0.39, 0.29) is 23.1 Å². The molecule has 1 saturated heterocycles. The molecule has 0 bridgehead atoms. The number of esters is 1. The van der Waals surface area contributed by atoms with Gasteiger partial charge in [-0.3, -0.25) is 9.59 Å². The Bertz CT molecular complexity index is 847. The lowest BCUT2D eigenvalue weighted by Gasteiger charge is -2.21. The van der Waals surface area contributed by atoms with Gasteiger partial charge in [-0.15, -0.1) is 11.3 Å². The van der Waals surface area contributed by atoms with Crippen molar-refractivity contribution in [2.45, 2.75) is 25.9 Å². The monoisotopic (exact) mass is 406 g/mol. The van der Waals surface area contributed by atoms with Gasteiger partial charge in [-0.05, 0) is 49.4 Å². The van der Waals surface area contributed by atoms with E-state index in [2.05, 4.69) is 5.32 Å². The van der Waals surface area contributed by atoms with Gasteiger partial charge < -0.3 is 15.0 Å². The van der Waals surface area contributed by atoms with E-state index in [4.69, 9.17) is 16.3 Å². The van der Waals surface area contributed by atoms with Crippen molar-refractivity contribution >= 4 is 46.4 Å². The van der Waals surface area contributed by atoms with Crippen LogP contribution in [0.15, 0.2) is 35.7 Å². The third-order valence-electron chi connectivity index (χ3n) is 4.24. The number of likely N-dealkylation sites (tertiary alicyclic amines) is 1. The van der Waals surface area contributed by atoms with Gasteiger partial charge in [0.1, 0.15) is 0 Å². The van der Waals surface area contributed by atoms with Crippen LogP contribution in [0.5, 0.6) is 0 Å². The summed E-state index contributed by atoms with van der Waals surface area (Å²) in [6, 6.07) is 7.93. The van der Waals surface area contributed by atoms with Crippen molar-refractivity contribution in [3.05, 3.63) is 51.2 Å². The molecule has 0 saturated carbocycles. The summed E-state index contributed by atoms with van der Waals surface area (Å²) < 4.78 is 5.34. The second kappa shape index (κ2) is 8.54. The first-order chi connectivity index (χ1) is 13.0. The zero-order valence-electron chi connectivity index (χ0n) is 14.7. The summed E-state index contributed by atoms with van der Waals surface area (Å²) in [7, 11) is 0. The van der Waals surface area contributed by atoms with E-state index in [1.54, 1.807) is 29.3 Å². The van der Waals surface area contributed by atoms with Crippen LogP contribution in [0.1, 0.15) is 39.8 Å². The molecule has 2 aromatic rings. The summed E-state index contributed by atoms with van der Waals surface area (Å²) in [6.45, 7) is 2.92. The van der Waals surface area contributed by atoms with Crippen LogP contribution in [0.3, 0.4) is 0 Å². The first-order valence-electron chi connectivity index (χ1n) is 8.60. The van der Waals surface area contributed by atoms with Crippen LogP contribution >= 0.6 is 22.9 Å². The van der Waals surface area contributed by atoms with E-state index in [1.807, 2.05) is 0 Å². The molecule has 1 fully saturated rings. The van der Waals surface area contributed by atoms with Gasteiger partial charge in [0.25, 0.3) is 11.8 Å². The molecule has 2 amide bonds. The van der Waals surface area contributed by atoms with Gasteiger partial charge >= 0.3 is 5.97 Å². The quantitative estimate of drug-likeness (QED) is 0.766. The van der Waals surface area contributed by atoms with Crippen molar-refractivity contribution in [2.24, 2.45) is 0 Å². The van der Waals surface area contributed by atoms with E-state index in [0.29, 0.717) is 23.0 Å². The van der Waals surface area contributed by atoms with Crippen LogP contribution in [-0.2, 0) is 9.53 Å². The molecule has 0 aliphatic carbocycles. The average Bonchev–Trinajstić information content (AvgIpc) is 3.34. The minimum absolute atomic E-state index is 0.144. The Morgan fingerprint density at radius 1 is 1.22 bits per heavy atom. The van der Waals surface area contributed by atoms with Crippen molar-refractivity contribution in [3.8, 4) is 0 Å². The molecule has 1 N–H and O–H groups in total. The SMILES string of the molecule is C[C@@H](OC(=O)c1ccc(Cl)cc1NC(=O)c1cccs1)C(=O)N1CCCC1. The van der Waals surface area contributed by atoms with Crippen LogP contribution in [0.4, 0.5) is 5.69 Å². The highest BCUT2D eigenvalue weighted by molar-refractivity contribution is 7.12. The van der Waals surface area contributed by atoms with E-state index >= 15 is 0 Å². The molecule has 27 heavy (non-hydrogen) atoms.